The first-order valence-electron chi connectivity index (χ1n) is 4.56. The van der Waals surface area contributed by atoms with E-state index < -0.39 is 6.09 Å². The second-order valence-electron chi connectivity index (χ2n) is 2.69. The van der Waals surface area contributed by atoms with E-state index in [1.54, 1.807) is 0 Å². The van der Waals surface area contributed by atoms with Gasteiger partial charge in [-0.3, -0.25) is 4.79 Å². The van der Waals surface area contributed by atoms with E-state index in [1.165, 1.54) is 0 Å². The average molecular weight is 203 g/mol. The van der Waals surface area contributed by atoms with E-state index in [9.17, 15) is 9.59 Å². The molecule has 0 aliphatic carbocycles. The topological polar surface area (TPSA) is 93.4 Å². The molecule has 0 aromatic rings. The van der Waals surface area contributed by atoms with Gasteiger partial charge in [0.1, 0.15) is 6.61 Å². The third-order valence-corrected chi connectivity index (χ3v) is 1.38. The van der Waals surface area contributed by atoms with Crippen molar-refractivity contribution in [1.82, 2.24) is 10.6 Å². The van der Waals surface area contributed by atoms with Crippen LogP contribution in [0.4, 0.5) is 4.79 Å². The summed E-state index contributed by atoms with van der Waals surface area (Å²) in [5, 5.41) is 5.50. The van der Waals surface area contributed by atoms with Crippen LogP contribution in [0.5, 0.6) is 0 Å². The Morgan fingerprint density at radius 1 is 1.36 bits per heavy atom. The van der Waals surface area contributed by atoms with Crippen LogP contribution in [0.3, 0.4) is 0 Å². The lowest BCUT2D eigenvalue weighted by Crippen LogP contribution is -2.36. The van der Waals surface area contributed by atoms with E-state index >= 15 is 0 Å². The summed E-state index contributed by atoms with van der Waals surface area (Å²) in [7, 11) is 0. The van der Waals surface area contributed by atoms with Crippen molar-refractivity contribution >= 4 is 12.0 Å². The Balaban J connectivity index is 3.22. The number of carbonyl (C=O) groups is 2. The van der Waals surface area contributed by atoms with Gasteiger partial charge in [0.25, 0.3) is 0 Å². The maximum atomic E-state index is 11.0. The van der Waals surface area contributed by atoms with Gasteiger partial charge in [0.05, 0.1) is 13.1 Å². The summed E-state index contributed by atoms with van der Waals surface area (Å²) in [6.07, 6.45) is 0.154. The smallest absolute Gasteiger partial charge is 0.404 e. The van der Waals surface area contributed by atoms with Crippen LogP contribution in [0.15, 0.2) is 0 Å². The molecule has 0 atom stereocenters. The summed E-state index contributed by atoms with van der Waals surface area (Å²) in [6, 6.07) is 0. The zero-order valence-electron chi connectivity index (χ0n) is 8.34. The number of nitrogens with one attached hydrogen (secondary N) is 2. The van der Waals surface area contributed by atoms with Gasteiger partial charge in [-0.15, -0.1) is 0 Å². The molecule has 0 rings (SSSR count). The molecule has 0 saturated carbocycles. The van der Waals surface area contributed by atoms with Gasteiger partial charge in [-0.25, -0.2) is 4.79 Å². The Hall–Kier alpha value is -1.30. The molecule has 0 aromatic heterocycles. The summed E-state index contributed by atoms with van der Waals surface area (Å²) in [4.78, 5) is 21.1. The molecule has 0 aromatic carbocycles. The first-order chi connectivity index (χ1) is 6.66. The number of amides is 2. The van der Waals surface area contributed by atoms with Gasteiger partial charge in [0.15, 0.2) is 0 Å². The van der Waals surface area contributed by atoms with Crippen LogP contribution in [0, 0.1) is 0 Å². The van der Waals surface area contributed by atoms with E-state index in [2.05, 4.69) is 15.4 Å². The number of hydrogen-bond donors (Lipinski definition) is 3. The Labute approximate surface area is 83.2 Å². The van der Waals surface area contributed by atoms with Gasteiger partial charge in [0.2, 0.25) is 5.91 Å². The molecule has 6 heteroatoms. The molecule has 4 N–H and O–H groups in total. The molecule has 0 saturated heterocycles. The lowest BCUT2D eigenvalue weighted by Gasteiger charge is -2.05. The molecule has 0 aliphatic rings. The summed E-state index contributed by atoms with van der Waals surface area (Å²) in [5.74, 6) is -0.119. The van der Waals surface area contributed by atoms with E-state index in [0.717, 1.165) is 13.0 Å². The van der Waals surface area contributed by atoms with E-state index in [4.69, 9.17) is 5.73 Å². The number of hydrogen-bond acceptors (Lipinski definition) is 4. The minimum atomic E-state index is -0.830. The van der Waals surface area contributed by atoms with Crippen molar-refractivity contribution in [2.24, 2.45) is 5.73 Å². The van der Waals surface area contributed by atoms with Gasteiger partial charge in [-0.2, -0.15) is 0 Å². The normalized spacial score (nSPS) is 9.50. The Bertz CT molecular complexity index is 185. The molecule has 6 nitrogen and oxygen atoms in total. The molecule has 0 bridgehead atoms. The minimum absolute atomic E-state index is 0.106. The van der Waals surface area contributed by atoms with Crippen molar-refractivity contribution in [1.29, 1.82) is 0 Å². The molecule has 0 unspecified atom stereocenters. The molecule has 0 spiro atoms. The van der Waals surface area contributed by atoms with E-state index in [1.807, 2.05) is 6.92 Å². The lowest BCUT2D eigenvalue weighted by atomic mass is 10.4. The van der Waals surface area contributed by atoms with Crippen molar-refractivity contribution < 1.29 is 14.3 Å². The van der Waals surface area contributed by atoms with Crippen LogP contribution in [0.1, 0.15) is 13.3 Å². The molecule has 0 heterocycles. The van der Waals surface area contributed by atoms with Gasteiger partial charge >= 0.3 is 6.09 Å². The first kappa shape index (κ1) is 12.7. The monoisotopic (exact) mass is 203 g/mol. The minimum Gasteiger partial charge on any atom is -0.448 e. The molecule has 82 valence electrons. The largest absolute Gasteiger partial charge is 0.448 e. The van der Waals surface area contributed by atoms with Crippen LogP contribution >= 0.6 is 0 Å². The maximum Gasteiger partial charge on any atom is 0.404 e. The first-order valence-corrected chi connectivity index (χ1v) is 4.56. The lowest BCUT2D eigenvalue weighted by molar-refractivity contribution is -0.120. The zero-order valence-corrected chi connectivity index (χ0v) is 8.34. The molecular formula is C8H17N3O3. The second-order valence-corrected chi connectivity index (χ2v) is 2.69. The highest BCUT2D eigenvalue weighted by atomic mass is 16.5. The predicted molar refractivity (Wildman–Crippen MR) is 51.7 cm³/mol. The molecule has 14 heavy (non-hydrogen) atoms. The average Bonchev–Trinajstić information content (AvgIpc) is 2.13. The summed E-state index contributed by atoms with van der Waals surface area (Å²) < 4.78 is 4.42. The molecule has 0 fully saturated rings. The van der Waals surface area contributed by atoms with Crippen LogP contribution in [0.2, 0.25) is 0 Å². The fourth-order valence-electron chi connectivity index (χ4n) is 0.783. The van der Waals surface area contributed by atoms with Gasteiger partial charge < -0.3 is 21.1 Å². The summed E-state index contributed by atoms with van der Waals surface area (Å²) in [5.41, 5.74) is 4.72. The molecule has 2 amide bonds. The molecular weight excluding hydrogens is 186 g/mol. The highest BCUT2D eigenvalue weighted by Gasteiger charge is 1.99. The Morgan fingerprint density at radius 2 is 2.07 bits per heavy atom. The van der Waals surface area contributed by atoms with Crippen LogP contribution in [-0.4, -0.2) is 38.2 Å². The Kier molecular flexibility index (Phi) is 7.53. The van der Waals surface area contributed by atoms with E-state index in [0.29, 0.717) is 0 Å². The number of rotatable bonds is 7. The fourth-order valence-corrected chi connectivity index (χ4v) is 0.783. The van der Waals surface area contributed by atoms with Crippen molar-refractivity contribution in [3.05, 3.63) is 0 Å². The fraction of sp³-hybridized carbons (Fsp3) is 0.750. The van der Waals surface area contributed by atoms with Crippen LogP contribution < -0.4 is 16.4 Å². The molecule has 0 aliphatic heterocycles. The van der Waals surface area contributed by atoms with Crippen molar-refractivity contribution in [2.45, 2.75) is 13.3 Å². The third kappa shape index (κ3) is 8.79. The van der Waals surface area contributed by atoms with Gasteiger partial charge in [-0.1, -0.05) is 6.92 Å². The number of carbonyl (C=O) groups excluding carboxylic acids is 2. The second kappa shape index (κ2) is 8.31. The maximum absolute atomic E-state index is 11.0. The van der Waals surface area contributed by atoms with Crippen molar-refractivity contribution in [3.8, 4) is 0 Å². The summed E-state index contributed by atoms with van der Waals surface area (Å²) in [6.45, 7) is 3.51. The van der Waals surface area contributed by atoms with Gasteiger partial charge in [0, 0.05) is 0 Å². The zero-order chi connectivity index (χ0) is 10.8. The number of primary amides is 1. The summed E-state index contributed by atoms with van der Waals surface area (Å²) >= 11 is 0. The SMILES string of the molecule is CCCNCC(=O)NCCOC(N)=O. The van der Waals surface area contributed by atoms with Crippen molar-refractivity contribution in [3.63, 3.8) is 0 Å². The highest BCUT2D eigenvalue weighted by molar-refractivity contribution is 5.77. The van der Waals surface area contributed by atoms with Crippen LogP contribution in [-0.2, 0) is 9.53 Å². The standard InChI is InChI=1S/C8H17N3O3/c1-2-3-10-6-7(12)11-4-5-14-8(9)13/h10H,2-6H2,1H3,(H2,9,13)(H,11,12). The third-order valence-electron chi connectivity index (χ3n) is 1.38. The van der Waals surface area contributed by atoms with Gasteiger partial charge in [-0.05, 0) is 13.0 Å². The predicted octanol–water partition coefficient (Wildman–Crippen LogP) is -0.802. The quantitative estimate of drug-likeness (QED) is 0.472. The Morgan fingerprint density at radius 3 is 2.64 bits per heavy atom. The van der Waals surface area contributed by atoms with Crippen LogP contribution in [0.25, 0.3) is 0 Å². The molecule has 0 radical (unpaired) electrons. The van der Waals surface area contributed by atoms with Crippen molar-refractivity contribution in [2.75, 3.05) is 26.2 Å². The number of ether oxygens (including phenoxy) is 1. The van der Waals surface area contributed by atoms with E-state index in [-0.39, 0.29) is 25.6 Å². The highest BCUT2D eigenvalue weighted by Crippen LogP contribution is 1.73. The number of nitrogens with two attached hydrogens (primary N) is 1.